The molecule has 3 nitrogen and oxygen atoms in total. The van der Waals surface area contributed by atoms with Crippen LogP contribution in [-0.4, -0.2) is 44.3 Å². The van der Waals surface area contributed by atoms with Crippen LogP contribution in [0.25, 0.3) is 0 Å². The fourth-order valence-electron chi connectivity index (χ4n) is 1.85. The fourth-order valence-corrected chi connectivity index (χ4v) is 1.85. The molecule has 0 aliphatic heterocycles. The van der Waals surface area contributed by atoms with Gasteiger partial charge in [-0.3, -0.25) is 0 Å². The summed E-state index contributed by atoms with van der Waals surface area (Å²) in [4.78, 5) is 2.31. The van der Waals surface area contributed by atoms with E-state index in [4.69, 9.17) is 10.5 Å². The van der Waals surface area contributed by atoms with Crippen LogP contribution in [0.4, 0.5) is 0 Å². The number of rotatable bonds is 7. The van der Waals surface area contributed by atoms with Crippen LogP contribution in [0.5, 0.6) is 0 Å². The van der Waals surface area contributed by atoms with E-state index in [2.05, 4.69) is 39.6 Å². The van der Waals surface area contributed by atoms with Crippen molar-refractivity contribution >= 4 is 0 Å². The third kappa shape index (κ3) is 8.08. The maximum absolute atomic E-state index is 6.12. The third-order valence-electron chi connectivity index (χ3n) is 2.89. The van der Waals surface area contributed by atoms with Crippen molar-refractivity contribution in [2.24, 2.45) is 11.1 Å². The molecule has 0 aliphatic rings. The lowest BCUT2D eigenvalue weighted by Gasteiger charge is -2.27. The minimum atomic E-state index is 0.303. The first-order valence-electron chi connectivity index (χ1n) is 6.21. The molecule has 2 unspecified atom stereocenters. The topological polar surface area (TPSA) is 38.5 Å². The van der Waals surface area contributed by atoms with E-state index in [1.165, 1.54) is 0 Å². The maximum atomic E-state index is 6.12. The van der Waals surface area contributed by atoms with E-state index >= 15 is 0 Å². The third-order valence-corrected chi connectivity index (χ3v) is 2.89. The van der Waals surface area contributed by atoms with Crippen molar-refractivity contribution in [1.82, 2.24) is 4.90 Å². The lowest BCUT2D eigenvalue weighted by molar-refractivity contribution is 0.112. The van der Waals surface area contributed by atoms with Gasteiger partial charge < -0.3 is 15.4 Å². The Bertz CT molecular complexity index is 177. The van der Waals surface area contributed by atoms with Gasteiger partial charge in [0.25, 0.3) is 0 Å². The van der Waals surface area contributed by atoms with E-state index < -0.39 is 0 Å². The molecule has 0 saturated heterocycles. The van der Waals surface area contributed by atoms with Gasteiger partial charge in [-0.2, -0.15) is 0 Å². The summed E-state index contributed by atoms with van der Waals surface area (Å²) in [6.07, 6.45) is 2.14. The Hall–Kier alpha value is -0.120. The minimum Gasteiger partial charge on any atom is -0.383 e. The highest BCUT2D eigenvalue weighted by Crippen LogP contribution is 2.21. The average molecular weight is 230 g/mol. The van der Waals surface area contributed by atoms with E-state index in [0.29, 0.717) is 17.5 Å². The molecule has 0 amide bonds. The SMILES string of the molecule is COCC(C)N(C)CCC(N)CC(C)(C)C. The van der Waals surface area contributed by atoms with E-state index in [9.17, 15) is 0 Å². The van der Waals surface area contributed by atoms with Gasteiger partial charge >= 0.3 is 0 Å². The Morgan fingerprint density at radius 1 is 1.31 bits per heavy atom. The van der Waals surface area contributed by atoms with Gasteiger partial charge in [-0.25, -0.2) is 0 Å². The molecule has 0 bridgehead atoms. The summed E-state index contributed by atoms with van der Waals surface area (Å²) < 4.78 is 5.14. The molecule has 98 valence electrons. The Morgan fingerprint density at radius 2 is 1.88 bits per heavy atom. The zero-order valence-electron chi connectivity index (χ0n) is 11.9. The van der Waals surface area contributed by atoms with Crippen molar-refractivity contribution in [3.05, 3.63) is 0 Å². The largest absolute Gasteiger partial charge is 0.383 e. The second-order valence-corrected chi connectivity index (χ2v) is 6.10. The van der Waals surface area contributed by atoms with Gasteiger partial charge in [-0.15, -0.1) is 0 Å². The molecule has 0 aliphatic carbocycles. The van der Waals surface area contributed by atoms with Gasteiger partial charge in [0, 0.05) is 19.2 Å². The van der Waals surface area contributed by atoms with Gasteiger partial charge in [0.1, 0.15) is 0 Å². The van der Waals surface area contributed by atoms with E-state index in [-0.39, 0.29) is 0 Å². The summed E-state index contributed by atoms with van der Waals surface area (Å²) in [7, 11) is 3.88. The zero-order valence-corrected chi connectivity index (χ0v) is 11.9. The first kappa shape index (κ1) is 15.9. The predicted molar refractivity (Wildman–Crippen MR) is 70.6 cm³/mol. The van der Waals surface area contributed by atoms with Gasteiger partial charge in [0.2, 0.25) is 0 Å². The summed E-state index contributed by atoms with van der Waals surface area (Å²) in [6, 6.07) is 0.768. The Labute approximate surface area is 101 Å². The predicted octanol–water partition coefficient (Wildman–Crippen LogP) is 2.11. The van der Waals surface area contributed by atoms with Crippen LogP contribution in [0.1, 0.15) is 40.5 Å². The van der Waals surface area contributed by atoms with Gasteiger partial charge in [-0.05, 0) is 38.8 Å². The molecule has 0 heterocycles. The maximum Gasteiger partial charge on any atom is 0.0615 e. The molecule has 0 spiro atoms. The molecule has 0 saturated carbocycles. The molecule has 0 aromatic carbocycles. The van der Waals surface area contributed by atoms with Crippen LogP contribution < -0.4 is 5.73 Å². The van der Waals surface area contributed by atoms with Crippen molar-refractivity contribution in [2.45, 2.75) is 52.6 Å². The second kappa shape index (κ2) is 7.25. The lowest BCUT2D eigenvalue weighted by atomic mass is 9.87. The minimum absolute atomic E-state index is 0.303. The Kier molecular flexibility index (Phi) is 7.20. The van der Waals surface area contributed by atoms with Crippen molar-refractivity contribution in [1.29, 1.82) is 0 Å². The zero-order chi connectivity index (χ0) is 12.8. The molecule has 0 fully saturated rings. The summed E-state index contributed by atoms with van der Waals surface area (Å²) in [5.74, 6) is 0. The van der Waals surface area contributed by atoms with Crippen LogP contribution in [0.2, 0.25) is 0 Å². The molecular formula is C13H30N2O. The van der Waals surface area contributed by atoms with Crippen molar-refractivity contribution in [2.75, 3.05) is 27.3 Å². The lowest BCUT2D eigenvalue weighted by Crippen LogP contribution is -2.37. The monoisotopic (exact) mass is 230 g/mol. The van der Waals surface area contributed by atoms with E-state index in [1.807, 2.05) is 0 Å². The van der Waals surface area contributed by atoms with Crippen LogP contribution >= 0.6 is 0 Å². The van der Waals surface area contributed by atoms with Crippen LogP contribution in [0, 0.1) is 5.41 Å². The first-order chi connectivity index (χ1) is 7.26. The quantitative estimate of drug-likeness (QED) is 0.728. The first-order valence-corrected chi connectivity index (χ1v) is 6.21. The van der Waals surface area contributed by atoms with E-state index in [1.54, 1.807) is 7.11 Å². The number of hydrogen-bond acceptors (Lipinski definition) is 3. The van der Waals surface area contributed by atoms with Crippen molar-refractivity contribution < 1.29 is 4.74 Å². The Balaban J connectivity index is 3.78. The molecule has 3 heteroatoms. The van der Waals surface area contributed by atoms with Crippen LogP contribution in [-0.2, 0) is 4.74 Å². The standard InChI is InChI=1S/C13H30N2O/c1-11(10-16-6)15(5)8-7-12(14)9-13(2,3)4/h11-12H,7-10,14H2,1-6H3. The van der Waals surface area contributed by atoms with E-state index in [0.717, 1.165) is 26.0 Å². The molecule has 0 aromatic rings. The average Bonchev–Trinajstić information content (AvgIpc) is 2.11. The van der Waals surface area contributed by atoms with Gasteiger partial charge in [0.05, 0.1) is 6.61 Å². The highest BCUT2D eigenvalue weighted by molar-refractivity contribution is 4.73. The molecule has 16 heavy (non-hydrogen) atoms. The normalized spacial score (nSPS) is 16.5. The smallest absolute Gasteiger partial charge is 0.0615 e. The summed E-state index contributed by atoms with van der Waals surface area (Å²) in [6.45, 7) is 10.7. The molecule has 0 radical (unpaired) electrons. The number of likely N-dealkylation sites (N-methyl/N-ethyl adjacent to an activating group) is 1. The van der Waals surface area contributed by atoms with Crippen molar-refractivity contribution in [3.63, 3.8) is 0 Å². The number of nitrogens with zero attached hydrogens (tertiary/aromatic N) is 1. The summed E-state index contributed by atoms with van der Waals surface area (Å²) in [5, 5.41) is 0. The van der Waals surface area contributed by atoms with Crippen LogP contribution in [0.15, 0.2) is 0 Å². The molecule has 0 aromatic heterocycles. The molecule has 2 atom stereocenters. The summed E-state index contributed by atoms with van der Waals surface area (Å²) >= 11 is 0. The fraction of sp³-hybridized carbons (Fsp3) is 1.00. The Morgan fingerprint density at radius 3 is 2.31 bits per heavy atom. The number of ether oxygens (including phenoxy) is 1. The van der Waals surface area contributed by atoms with Crippen LogP contribution in [0.3, 0.4) is 0 Å². The second-order valence-electron chi connectivity index (χ2n) is 6.10. The van der Waals surface area contributed by atoms with Gasteiger partial charge in [-0.1, -0.05) is 20.8 Å². The number of methoxy groups -OCH3 is 1. The molecular weight excluding hydrogens is 200 g/mol. The molecule has 0 rings (SSSR count). The highest BCUT2D eigenvalue weighted by Gasteiger charge is 2.16. The van der Waals surface area contributed by atoms with Gasteiger partial charge in [0.15, 0.2) is 0 Å². The molecule has 2 N–H and O–H groups in total. The highest BCUT2D eigenvalue weighted by atomic mass is 16.5. The number of hydrogen-bond donors (Lipinski definition) is 1. The summed E-state index contributed by atoms with van der Waals surface area (Å²) in [5.41, 5.74) is 6.45. The number of nitrogens with two attached hydrogens (primary N) is 1. The van der Waals surface area contributed by atoms with Crippen molar-refractivity contribution in [3.8, 4) is 0 Å².